The molecule has 0 unspecified atom stereocenters. The summed E-state index contributed by atoms with van der Waals surface area (Å²) in [6, 6.07) is 28.5. The molecule has 0 heterocycles. The minimum atomic E-state index is -0.678. The molecule has 3 aromatic carbocycles. The summed E-state index contributed by atoms with van der Waals surface area (Å²) in [5.74, 6) is -0.215. The first-order chi connectivity index (χ1) is 12.1. The summed E-state index contributed by atoms with van der Waals surface area (Å²) in [5, 5.41) is 12.2. The highest BCUT2D eigenvalue weighted by atomic mass is 16.1. The van der Waals surface area contributed by atoms with E-state index < -0.39 is 5.54 Å². The quantitative estimate of drug-likeness (QED) is 0.779. The van der Waals surface area contributed by atoms with E-state index in [2.05, 4.69) is 11.4 Å². The van der Waals surface area contributed by atoms with Crippen molar-refractivity contribution >= 4 is 5.91 Å². The molecule has 3 aromatic rings. The van der Waals surface area contributed by atoms with Gasteiger partial charge in [-0.3, -0.25) is 4.79 Å². The number of benzene rings is 3. The summed E-state index contributed by atoms with van der Waals surface area (Å²) in [5.41, 5.74) is 2.24. The molecule has 0 aliphatic heterocycles. The number of nitrogens with one attached hydrogen (secondary N) is 1. The summed E-state index contributed by atoms with van der Waals surface area (Å²) in [6.07, 6.45) is 0. The average Bonchev–Trinajstić information content (AvgIpc) is 2.69. The van der Waals surface area contributed by atoms with Gasteiger partial charge >= 0.3 is 0 Å². The summed E-state index contributed by atoms with van der Waals surface area (Å²) < 4.78 is 0. The van der Waals surface area contributed by atoms with E-state index in [1.165, 1.54) is 0 Å². The highest BCUT2D eigenvalue weighted by molar-refractivity contribution is 5.95. The fourth-order valence-corrected chi connectivity index (χ4v) is 2.88. The van der Waals surface area contributed by atoms with Crippen LogP contribution >= 0.6 is 0 Å². The topological polar surface area (TPSA) is 52.9 Å². The Hall–Kier alpha value is -3.38. The van der Waals surface area contributed by atoms with E-state index in [-0.39, 0.29) is 5.91 Å². The third-order valence-electron chi connectivity index (χ3n) is 4.32. The van der Waals surface area contributed by atoms with Gasteiger partial charge in [0, 0.05) is 5.56 Å². The Morgan fingerprint density at radius 1 is 0.880 bits per heavy atom. The Bertz CT molecular complexity index is 872. The third kappa shape index (κ3) is 3.44. The zero-order valence-corrected chi connectivity index (χ0v) is 13.9. The van der Waals surface area contributed by atoms with Gasteiger partial charge in [0.2, 0.25) is 0 Å². The Morgan fingerprint density at radius 3 is 1.96 bits per heavy atom. The van der Waals surface area contributed by atoms with Crippen molar-refractivity contribution in [2.75, 3.05) is 0 Å². The molecule has 0 aliphatic carbocycles. The van der Waals surface area contributed by atoms with Gasteiger partial charge < -0.3 is 5.32 Å². The second kappa shape index (κ2) is 7.02. The molecule has 0 saturated heterocycles. The van der Waals surface area contributed by atoms with Crippen LogP contribution in [0.25, 0.3) is 0 Å². The fourth-order valence-electron chi connectivity index (χ4n) is 2.88. The Kier molecular flexibility index (Phi) is 4.63. The van der Waals surface area contributed by atoms with E-state index in [1.807, 2.05) is 67.6 Å². The largest absolute Gasteiger partial charge is 0.339 e. The van der Waals surface area contributed by atoms with Gasteiger partial charge in [-0.2, -0.15) is 5.26 Å². The van der Waals surface area contributed by atoms with Crippen LogP contribution in [0.2, 0.25) is 0 Å². The van der Waals surface area contributed by atoms with Crippen molar-refractivity contribution in [3.05, 3.63) is 107 Å². The smallest absolute Gasteiger partial charge is 0.252 e. The summed E-state index contributed by atoms with van der Waals surface area (Å²) in [4.78, 5) is 12.9. The molecule has 0 aromatic heterocycles. The van der Waals surface area contributed by atoms with Crippen LogP contribution in [0.5, 0.6) is 0 Å². The highest BCUT2D eigenvalue weighted by Crippen LogP contribution is 2.29. The number of hydrogen-bond donors (Lipinski definition) is 1. The predicted molar refractivity (Wildman–Crippen MR) is 98.0 cm³/mol. The molecule has 3 heteroatoms. The average molecular weight is 326 g/mol. The Balaban J connectivity index is 2.01. The van der Waals surface area contributed by atoms with E-state index in [0.717, 1.165) is 11.1 Å². The van der Waals surface area contributed by atoms with Crippen molar-refractivity contribution in [1.82, 2.24) is 5.32 Å². The summed E-state index contributed by atoms with van der Waals surface area (Å²) >= 11 is 0. The molecule has 3 rings (SSSR count). The number of nitrogens with zero attached hydrogens (tertiary/aromatic N) is 1. The lowest BCUT2D eigenvalue weighted by atomic mass is 9.84. The van der Waals surface area contributed by atoms with Crippen LogP contribution in [0.4, 0.5) is 0 Å². The second-order valence-electron chi connectivity index (χ2n) is 6.00. The molecular formula is C22H18N2O. The van der Waals surface area contributed by atoms with Crippen molar-refractivity contribution in [1.29, 1.82) is 5.26 Å². The van der Waals surface area contributed by atoms with E-state index in [4.69, 9.17) is 5.26 Å². The molecule has 0 saturated carbocycles. The second-order valence-corrected chi connectivity index (χ2v) is 6.00. The monoisotopic (exact) mass is 326 g/mol. The molecule has 25 heavy (non-hydrogen) atoms. The van der Waals surface area contributed by atoms with Gasteiger partial charge in [0.25, 0.3) is 5.91 Å². The standard InChI is InChI=1S/C22H18N2O/c1-22(19-11-4-2-5-12-19,20-13-6-3-7-14-20)24-21(25)18-10-8-9-17(15-18)16-23/h2-15H,1H3,(H,24,25). The van der Waals surface area contributed by atoms with Gasteiger partial charge in [-0.25, -0.2) is 0 Å². The first-order valence-corrected chi connectivity index (χ1v) is 8.07. The van der Waals surface area contributed by atoms with Crippen molar-refractivity contribution in [2.45, 2.75) is 12.5 Å². The zero-order valence-electron chi connectivity index (χ0n) is 13.9. The van der Waals surface area contributed by atoms with Crippen LogP contribution in [-0.4, -0.2) is 5.91 Å². The van der Waals surface area contributed by atoms with Crippen LogP contribution < -0.4 is 5.32 Å². The molecule has 0 spiro atoms. The molecule has 0 radical (unpaired) electrons. The highest BCUT2D eigenvalue weighted by Gasteiger charge is 2.30. The fraction of sp³-hybridized carbons (Fsp3) is 0.0909. The first kappa shape index (κ1) is 16.5. The van der Waals surface area contributed by atoms with Gasteiger partial charge in [0.1, 0.15) is 0 Å². The predicted octanol–water partition coefficient (Wildman–Crippen LogP) is 4.25. The first-order valence-electron chi connectivity index (χ1n) is 8.07. The molecular weight excluding hydrogens is 308 g/mol. The maximum atomic E-state index is 12.9. The molecule has 0 aliphatic rings. The molecule has 1 N–H and O–H groups in total. The lowest BCUT2D eigenvalue weighted by Gasteiger charge is -2.32. The SMILES string of the molecule is CC(NC(=O)c1cccc(C#N)c1)(c1ccccc1)c1ccccc1. The zero-order chi connectivity index (χ0) is 17.7. The van der Waals surface area contributed by atoms with E-state index in [9.17, 15) is 4.79 Å². The van der Waals surface area contributed by atoms with Crippen LogP contribution in [0.3, 0.4) is 0 Å². The van der Waals surface area contributed by atoms with E-state index in [1.54, 1.807) is 24.3 Å². The van der Waals surface area contributed by atoms with Crippen LogP contribution in [0, 0.1) is 11.3 Å². The van der Waals surface area contributed by atoms with Crippen molar-refractivity contribution in [3.63, 3.8) is 0 Å². The van der Waals surface area contributed by atoms with Crippen LogP contribution in [-0.2, 0) is 5.54 Å². The number of amides is 1. The van der Waals surface area contributed by atoms with Gasteiger partial charge in [-0.05, 0) is 36.2 Å². The summed E-state index contributed by atoms with van der Waals surface area (Å²) in [7, 11) is 0. The van der Waals surface area contributed by atoms with Crippen molar-refractivity contribution < 1.29 is 4.79 Å². The lowest BCUT2D eigenvalue weighted by molar-refractivity contribution is 0.0919. The third-order valence-corrected chi connectivity index (χ3v) is 4.32. The Labute approximate surface area is 147 Å². The van der Waals surface area contributed by atoms with Gasteiger partial charge in [-0.15, -0.1) is 0 Å². The number of hydrogen-bond acceptors (Lipinski definition) is 2. The van der Waals surface area contributed by atoms with Crippen LogP contribution in [0.1, 0.15) is 34.0 Å². The number of carbonyl (C=O) groups is 1. The molecule has 3 nitrogen and oxygen atoms in total. The van der Waals surface area contributed by atoms with Crippen LogP contribution in [0.15, 0.2) is 84.9 Å². The maximum absolute atomic E-state index is 12.9. The number of nitriles is 1. The minimum Gasteiger partial charge on any atom is -0.339 e. The molecule has 0 atom stereocenters. The number of carbonyl (C=O) groups excluding carboxylic acids is 1. The number of rotatable bonds is 4. The van der Waals surface area contributed by atoms with Gasteiger partial charge in [0.05, 0.1) is 17.2 Å². The minimum absolute atomic E-state index is 0.215. The Morgan fingerprint density at radius 2 is 1.44 bits per heavy atom. The molecule has 1 amide bonds. The van der Waals surface area contributed by atoms with E-state index in [0.29, 0.717) is 11.1 Å². The van der Waals surface area contributed by atoms with Gasteiger partial charge in [-0.1, -0.05) is 66.7 Å². The summed E-state index contributed by atoms with van der Waals surface area (Å²) in [6.45, 7) is 1.99. The molecule has 0 fully saturated rings. The molecule has 0 bridgehead atoms. The normalized spacial score (nSPS) is 10.7. The maximum Gasteiger partial charge on any atom is 0.252 e. The lowest BCUT2D eigenvalue weighted by Crippen LogP contribution is -2.44. The van der Waals surface area contributed by atoms with Crippen molar-refractivity contribution in [3.8, 4) is 6.07 Å². The molecule has 122 valence electrons. The van der Waals surface area contributed by atoms with E-state index >= 15 is 0 Å². The van der Waals surface area contributed by atoms with Crippen molar-refractivity contribution in [2.24, 2.45) is 0 Å². The van der Waals surface area contributed by atoms with Gasteiger partial charge in [0.15, 0.2) is 0 Å².